The molecule has 3 rings (SSSR count). The van der Waals surface area contributed by atoms with Crippen molar-refractivity contribution in [3.63, 3.8) is 0 Å². The van der Waals surface area contributed by atoms with Crippen LogP contribution in [-0.4, -0.2) is 22.7 Å². The maximum Gasteiger partial charge on any atom is 0.250 e. The highest BCUT2D eigenvalue weighted by atomic mass is 32.1. The summed E-state index contributed by atoms with van der Waals surface area (Å²) in [6.45, 7) is 5.08. The molecule has 1 fully saturated rings. The smallest absolute Gasteiger partial charge is 0.250 e. The number of amides is 1. The number of benzene rings is 1. The Morgan fingerprint density at radius 1 is 1.33 bits per heavy atom. The first-order valence-electron chi connectivity index (χ1n) is 8.16. The van der Waals surface area contributed by atoms with Crippen molar-refractivity contribution in [1.29, 1.82) is 0 Å². The van der Waals surface area contributed by atoms with E-state index < -0.39 is 0 Å². The van der Waals surface area contributed by atoms with E-state index in [0.29, 0.717) is 11.0 Å². The Hall–Kier alpha value is -2.05. The summed E-state index contributed by atoms with van der Waals surface area (Å²) in [5.74, 6) is 0.291. The first-order chi connectivity index (χ1) is 11.6. The van der Waals surface area contributed by atoms with Crippen molar-refractivity contribution in [3.05, 3.63) is 46.5 Å². The molecule has 0 saturated carbocycles. The molecule has 2 aromatic rings. The molecule has 0 spiro atoms. The lowest BCUT2D eigenvalue weighted by Gasteiger charge is -2.04. The average Bonchev–Trinajstić information content (AvgIpc) is 3.24. The number of carbonyl (C=O) groups is 1. The Morgan fingerprint density at radius 3 is 2.79 bits per heavy atom. The van der Waals surface area contributed by atoms with E-state index in [1.807, 2.05) is 12.1 Å². The minimum Gasteiger partial charge on any atom is -0.371 e. The van der Waals surface area contributed by atoms with Gasteiger partial charge < -0.3 is 4.74 Å². The highest BCUT2D eigenvalue weighted by Gasteiger charge is 2.22. The van der Waals surface area contributed by atoms with Crippen LogP contribution in [-0.2, 0) is 9.53 Å². The van der Waals surface area contributed by atoms with Gasteiger partial charge in [0.2, 0.25) is 11.0 Å². The van der Waals surface area contributed by atoms with Gasteiger partial charge in [0, 0.05) is 12.7 Å². The van der Waals surface area contributed by atoms with E-state index in [4.69, 9.17) is 4.74 Å². The Kier molecular flexibility index (Phi) is 5.37. The molecule has 0 aliphatic carbocycles. The molecule has 24 heavy (non-hydrogen) atoms. The number of ether oxygens (including phenoxy) is 1. The number of nitrogens with one attached hydrogen (secondary N) is 1. The Bertz CT molecular complexity index is 716. The van der Waals surface area contributed by atoms with Crippen molar-refractivity contribution in [2.75, 3.05) is 11.9 Å². The minimum atomic E-state index is -0.210. The van der Waals surface area contributed by atoms with E-state index in [2.05, 4.69) is 41.5 Å². The van der Waals surface area contributed by atoms with E-state index in [1.54, 1.807) is 6.08 Å². The van der Waals surface area contributed by atoms with Gasteiger partial charge in [-0.15, -0.1) is 10.2 Å². The highest BCUT2D eigenvalue weighted by molar-refractivity contribution is 7.15. The van der Waals surface area contributed by atoms with Gasteiger partial charge in [0.05, 0.1) is 0 Å². The lowest BCUT2D eigenvalue weighted by Crippen LogP contribution is -2.07. The average molecular weight is 343 g/mol. The number of hydrogen-bond donors (Lipinski definition) is 1. The fourth-order valence-corrected chi connectivity index (χ4v) is 3.33. The SMILES string of the molecule is CC(C)c1ccc(/C=C/C(=O)Nc2nnc(C3CCCO3)s2)cc1. The Balaban J connectivity index is 1.56. The van der Waals surface area contributed by atoms with Crippen LogP contribution in [0.15, 0.2) is 30.3 Å². The van der Waals surface area contributed by atoms with Crippen molar-refractivity contribution in [2.24, 2.45) is 0 Å². The molecular formula is C18H21N3O2S. The second-order valence-corrected chi connectivity index (χ2v) is 7.10. The lowest BCUT2D eigenvalue weighted by molar-refractivity contribution is -0.111. The molecule has 0 radical (unpaired) electrons. The maximum absolute atomic E-state index is 12.0. The van der Waals surface area contributed by atoms with Crippen molar-refractivity contribution in [2.45, 2.75) is 38.7 Å². The summed E-state index contributed by atoms with van der Waals surface area (Å²) >= 11 is 1.37. The number of anilines is 1. The summed E-state index contributed by atoms with van der Waals surface area (Å²) in [6, 6.07) is 8.20. The molecule has 1 aliphatic rings. The third kappa shape index (κ3) is 4.27. The summed E-state index contributed by atoms with van der Waals surface area (Å²) in [5, 5.41) is 12.2. The van der Waals surface area contributed by atoms with Gasteiger partial charge in [-0.05, 0) is 36.0 Å². The summed E-state index contributed by atoms with van der Waals surface area (Å²) in [5.41, 5.74) is 2.28. The van der Waals surface area contributed by atoms with Crippen LogP contribution in [0.25, 0.3) is 6.08 Å². The first kappa shape index (κ1) is 16.8. The normalized spacial score (nSPS) is 17.7. The van der Waals surface area contributed by atoms with Crippen LogP contribution in [0, 0.1) is 0 Å². The van der Waals surface area contributed by atoms with Crippen LogP contribution in [0.1, 0.15) is 54.8 Å². The van der Waals surface area contributed by atoms with E-state index >= 15 is 0 Å². The molecule has 126 valence electrons. The van der Waals surface area contributed by atoms with Gasteiger partial charge in [0.15, 0.2) is 0 Å². The van der Waals surface area contributed by atoms with Gasteiger partial charge in [0.25, 0.3) is 0 Å². The third-order valence-electron chi connectivity index (χ3n) is 3.91. The summed E-state index contributed by atoms with van der Waals surface area (Å²) < 4.78 is 5.57. The molecule has 1 aromatic carbocycles. The molecule has 1 atom stereocenters. The van der Waals surface area contributed by atoms with E-state index in [0.717, 1.165) is 30.0 Å². The molecular weight excluding hydrogens is 322 g/mol. The predicted molar refractivity (Wildman–Crippen MR) is 96.0 cm³/mol. The van der Waals surface area contributed by atoms with E-state index in [9.17, 15) is 4.79 Å². The number of rotatable bonds is 5. The standard InChI is InChI=1S/C18H21N3O2S/c1-12(2)14-8-5-13(6-9-14)7-10-16(22)19-18-21-20-17(24-18)15-4-3-11-23-15/h5-10,12,15H,3-4,11H2,1-2H3,(H,19,21,22)/b10-7+. The zero-order chi connectivity index (χ0) is 16.9. The molecule has 0 bridgehead atoms. The van der Waals surface area contributed by atoms with Crippen molar-refractivity contribution < 1.29 is 9.53 Å². The van der Waals surface area contributed by atoms with Crippen molar-refractivity contribution >= 4 is 28.5 Å². The number of carbonyl (C=O) groups excluding carboxylic acids is 1. The van der Waals surface area contributed by atoms with Gasteiger partial charge in [-0.3, -0.25) is 10.1 Å². The van der Waals surface area contributed by atoms with Crippen LogP contribution < -0.4 is 5.32 Å². The third-order valence-corrected chi connectivity index (χ3v) is 4.84. The number of hydrogen-bond acceptors (Lipinski definition) is 5. The molecule has 6 heteroatoms. The zero-order valence-corrected chi connectivity index (χ0v) is 14.7. The Morgan fingerprint density at radius 2 is 2.12 bits per heavy atom. The minimum absolute atomic E-state index is 0.0307. The van der Waals surface area contributed by atoms with E-state index in [1.165, 1.54) is 23.0 Å². The van der Waals surface area contributed by atoms with E-state index in [-0.39, 0.29) is 12.0 Å². The molecule has 1 amide bonds. The molecule has 1 saturated heterocycles. The largest absolute Gasteiger partial charge is 0.371 e. The van der Waals surface area contributed by atoms with Gasteiger partial charge in [-0.25, -0.2) is 0 Å². The highest BCUT2D eigenvalue weighted by Crippen LogP contribution is 2.31. The van der Waals surface area contributed by atoms with Crippen LogP contribution >= 0.6 is 11.3 Å². The maximum atomic E-state index is 12.0. The number of nitrogens with zero attached hydrogens (tertiary/aromatic N) is 2. The molecule has 5 nitrogen and oxygen atoms in total. The van der Waals surface area contributed by atoms with Gasteiger partial charge >= 0.3 is 0 Å². The monoisotopic (exact) mass is 343 g/mol. The molecule has 1 unspecified atom stereocenters. The van der Waals surface area contributed by atoms with Crippen LogP contribution in [0.5, 0.6) is 0 Å². The van der Waals surface area contributed by atoms with Crippen molar-refractivity contribution in [1.82, 2.24) is 10.2 Å². The van der Waals surface area contributed by atoms with Gasteiger partial charge in [0.1, 0.15) is 11.1 Å². The first-order valence-corrected chi connectivity index (χ1v) is 8.97. The summed E-state index contributed by atoms with van der Waals surface area (Å²) in [6.07, 6.45) is 5.35. The Labute approximate surface area is 145 Å². The predicted octanol–water partition coefficient (Wildman–Crippen LogP) is 4.16. The van der Waals surface area contributed by atoms with Crippen LogP contribution in [0.4, 0.5) is 5.13 Å². The van der Waals surface area contributed by atoms with Gasteiger partial charge in [-0.2, -0.15) is 0 Å². The zero-order valence-electron chi connectivity index (χ0n) is 13.9. The molecule has 1 aliphatic heterocycles. The van der Waals surface area contributed by atoms with Crippen LogP contribution in [0.3, 0.4) is 0 Å². The second-order valence-electron chi connectivity index (χ2n) is 6.09. The fourth-order valence-electron chi connectivity index (χ4n) is 2.50. The second kappa shape index (κ2) is 7.68. The van der Waals surface area contributed by atoms with Crippen LogP contribution in [0.2, 0.25) is 0 Å². The van der Waals surface area contributed by atoms with Gasteiger partial charge in [-0.1, -0.05) is 49.4 Å². The number of aromatic nitrogens is 2. The fraction of sp³-hybridized carbons (Fsp3) is 0.389. The topological polar surface area (TPSA) is 64.1 Å². The quantitative estimate of drug-likeness (QED) is 0.828. The lowest BCUT2D eigenvalue weighted by atomic mass is 10.0. The molecule has 1 N–H and O–H groups in total. The molecule has 1 aromatic heterocycles. The summed E-state index contributed by atoms with van der Waals surface area (Å²) in [4.78, 5) is 12.0. The molecule has 2 heterocycles. The summed E-state index contributed by atoms with van der Waals surface area (Å²) in [7, 11) is 0. The van der Waals surface area contributed by atoms with Crippen molar-refractivity contribution in [3.8, 4) is 0 Å².